The van der Waals surface area contributed by atoms with Crippen molar-refractivity contribution in [3.8, 4) is 0 Å². The van der Waals surface area contributed by atoms with Gasteiger partial charge < -0.3 is 14.5 Å². The zero-order valence-corrected chi connectivity index (χ0v) is 18.2. The van der Waals surface area contributed by atoms with Gasteiger partial charge in [0.1, 0.15) is 5.60 Å². The van der Waals surface area contributed by atoms with Gasteiger partial charge in [-0.15, -0.1) is 12.4 Å². The number of esters is 1. The Morgan fingerprint density at radius 3 is 2.55 bits per heavy atom. The van der Waals surface area contributed by atoms with Crippen LogP contribution in [0.3, 0.4) is 0 Å². The van der Waals surface area contributed by atoms with Gasteiger partial charge in [0, 0.05) is 31.1 Å². The normalized spacial score (nSPS) is 26.5. The summed E-state index contributed by atoms with van der Waals surface area (Å²) in [6, 6.07) is 7.72. The van der Waals surface area contributed by atoms with Crippen LogP contribution in [0.2, 0.25) is 0 Å². The molecular formula is C23H33ClN2O3. The molecule has 3 aliphatic rings. The highest BCUT2D eigenvalue weighted by atomic mass is 35.5. The van der Waals surface area contributed by atoms with Crippen LogP contribution < -0.4 is 0 Å². The Bertz CT molecular complexity index is 725. The number of likely N-dealkylation sites (tertiary alicyclic amines) is 1. The number of likely N-dealkylation sites (N-methyl/N-ethyl adjacent to an activating group) is 1. The molecule has 4 rings (SSSR count). The van der Waals surface area contributed by atoms with Crippen molar-refractivity contribution in [2.45, 2.75) is 57.5 Å². The molecule has 0 atom stereocenters. The third-order valence-corrected chi connectivity index (χ3v) is 6.90. The van der Waals surface area contributed by atoms with Crippen LogP contribution in [0.25, 0.3) is 0 Å². The molecule has 1 amide bonds. The van der Waals surface area contributed by atoms with Crippen molar-refractivity contribution in [3.05, 3.63) is 35.4 Å². The second kappa shape index (κ2) is 9.48. The number of nitrogens with zero attached hydrogens (tertiary/aromatic N) is 2. The molecule has 1 spiro atoms. The van der Waals surface area contributed by atoms with Gasteiger partial charge in [0.25, 0.3) is 0 Å². The Labute approximate surface area is 180 Å². The van der Waals surface area contributed by atoms with E-state index in [1.54, 1.807) is 0 Å². The van der Waals surface area contributed by atoms with Crippen molar-refractivity contribution in [2.24, 2.45) is 5.92 Å². The summed E-state index contributed by atoms with van der Waals surface area (Å²) < 4.78 is 5.83. The van der Waals surface area contributed by atoms with E-state index in [0.717, 1.165) is 50.9 Å². The molecule has 0 aromatic heterocycles. The number of rotatable bonds is 5. The van der Waals surface area contributed by atoms with Gasteiger partial charge >= 0.3 is 5.97 Å². The Kier molecular flexibility index (Phi) is 7.23. The van der Waals surface area contributed by atoms with Crippen molar-refractivity contribution in [1.29, 1.82) is 0 Å². The molecule has 1 aromatic carbocycles. The van der Waals surface area contributed by atoms with E-state index in [2.05, 4.69) is 11.8 Å². The highest BCUT2D eigenvalue weighted by molar-refractivity contribution is 5.94. The van der Waals surface area contributed by atoms with Crippen LogP contribution >= 0.6 is 12.4 Å². The quantitative estimate of drug-likeness (QED) is 0.675. The Morgan fingerprint density at radius 1 is 1.17 bits per heavy atom. The van der Waals surface area contributed by atoms with Crippen LogP contribution in [0, 0.1) is 5.92 Å². The van der Waals surface area contributed by atoms with Crippen molar-refractivity contribution in [2.75, 3.05) is 32.7 Å². The van der Waals surface area contributed by atoms with Crippen molar-refractivity contribution in [1.82, 2.24) is 9.80 Å². The summed E-state index contributed by atoms with van der Waals surface area (Å²) in [6.45, 7) is 7.00. The van der Waals surface area contributed by atoms with Gasteiger partial charge in [-0.05, 0) is 64.6 Å². The first kappa shape index (κ1) is 22.1. The molecule has 1 saturated carbocycles. The minimum absolute atomic E-state index is 0. The van der Waals surface area contributed by atoms with E-state index in [1.165, 1.54) is 32.4 Å². The molecule has 2 heterocycles. The zero-order chi connectivity index (χ0) is 19.6. The number of halogens is 1. The largest absolute Gasteiger partial charge is 0.451 e. The molecule has 2 fully saturated rings. The fraction of sp³-hybridized carbons (Fsp3) is 0.652. The van der Waals surface area contributed by atoms with E-state index in [1.807, 2.05) is 29.2 Å². The molecule has 0 bridgehead atoms. The van der Waals surface area contributed by atoms with Gasteiger partial charge in [-0.1, -0.05) is 24.6 Å². The first-order valence-electron chi connectivity index (χ1n) is 11.0. The SMILES string of the molecule is CCN(CCN1CCCCC1)C(=O)[C@H]1CC[C@@]2(CC1)OC(=O)c1ccccc12.Cl. The third-order valence-electron chi connectivity index (χ3n) is 6.90. The number of piperidine rings is 1. The first-order valence-corrected chi connectivity index (χ1v) is 11.0. The summed E-state index contributed by atoms with van der Waals surface area (Å²) in [7, 11) is 0. The molecule has 0 N–H and O–H groups in total. The lowest BCUT2D eigenvalue weighted by Gasteiger charge is -2.38. The second-order valence-electron chi connectivity index (χ2n) is 8.52. The van der Waals surface area contributed by atoms with E-state index >= 15 is 0 Å². The minimum atomic E-state index is -0.505. The lowest BCUT2D eigenvalue weighted by molar-refractivity contribution is -0.138. The summed E-state index contributed by atoms with van der Waals surface area (Å²) >= 11 is 0. The van der Waals surface area contributed by atoms with Gasteiger partial charge in [-0.2, -0.15) is 0 Å². The highest BCUT2D eigenvalue weighted by Crippen LogP contribution is 2.48. The number of benzene rings is 1. The van der Waals surface area contributed by atoms with E-state index in [9.17, 15) is 9.59 Å². The molecule has 1 saturated heterocycles. The molecule has 1 aliphatic carbocycles. The molecule has 160 valence electrons. The van der Waals surface area contributed by atoms with Gasteiger partial charge in [-0.3, -0.25) is 4.79 Å². The van der Waals surface area contributed by atoms with Crippen LogP contribution in [-0.4, -0.2) is 54.4 Å². The minimum Gasteiger partial charge on any atom is -0.451 e. The summed E-state index contributed by atoms with van der Waals surface area (Å²) in [4.78, 5) is 29.9. The Balaban J connectivity index is 0.00000240. The number of fused-ring (bicyclic) bond motifs is 2. The van der Waals surface area contributed by atoms with E-state index in [4.69, 9.17) is 4.74 Å². The van der Waals surface area contributed by atoms with Crippen LogP contribution in [0.1, 0.15) is 67.8 Å². The number of ether oxygens (including phenoxy) is 1. The smallest absolute Gasteiger partial charge is 0.339 e. The van der Waals surface area contributed by atoms with Crippen LogP contribution in [-0.2, 0) is 15.1 Å². The van der Waals surface area contributed by atoms with Gasteiger partial charge in [-0.25, -0.2) is 4.79 Å². The number of carbonyl (C=O) groups excluding carboxylic acids is 2. The van der Waals surface area contributed by atoms with Crippen molar-refractivity contribution >= 4 is 24.3 Å². The molecular weight excluding hydrogens is 388 g/mol. The van der Waals surface area contributed by atoms with Crippen LogP contribution in [0.5, 0.6) is 0 Å². The lowest BCUT2D eigenvalue weighted by atomic mass is 9.74. The lowest BCUT2D eigenvalue weighted by Crippen LogP contribution is -2.44. The molecule has 29 heavy (non-hydrogen) atoms. The fourth-order valence-electron chi connectivity index (χ4n) is 5.18. The van der Waals surface area contributed by atoms with Gasteiger partial charge in [0.15, 0.2) is 0 Å². The summed E-state index contributed by atoms with van der Waals surface area (Å²) in [5.74, 6) is 0.127. The molecule has 6 heteroatoms. The van der Waals surface area contributed by atoms with Crippen LogP contribution in [0.15, 0.2) is 24.3 Å². The number of hydrogen-bond donors (Lipinski definition) is 0. The monoisotopic (exact) mass is 420 g/mol. The maximum Gasteiger partial charge on any atom is 0.339 e. The number of hydrogen-bond acceptors (Lipinski definition) is 4. The third kappa shape index (κ3) is 4.46. The predicted octanol–water partition coefficient (Wildman–Crippen LogP) is 4.00. The maximum absolute atomic E-state index is 13.1. The van der Waals surface area contributed by atoms with Crippen LogP contribution in [0.4, 0.5) is 0 Å². The zero-order valence-electron chi connectivity index (χ0n) is 17.4. The van der Waals surface area contributed by atoms with Gasteiger partial charge in [0.05, 0.1) is 5.56 Å². The number of carbonyl (C=O) groups is 2. The van der Waals surface area contributed by atoms with Crippen molar-refractivity contribution in [3.63, 3.8) is 0 Å². The standard InChI is InChI=1S/C23H32N2O3.ClH/c1-2-25(17-16-24-14-6-3-7-15-24)21(26)18-10-12-23(13-11-18)20-9-5-4-8-19(20)22(27)28-23;/h4-5,8-9,18H,2-3,6-7,10-17H2,1H3;1H/t18-,23-;. The van der Waals surface area contributed by atoms with E-state index < -0.39 is 5.60 Å². The molecule has 0 radical (unpaired) electrons. The Hall–Kier alpha value is -1.59. The average molecular weight is 421 g/mol. The topological polar surface area (TPSA) is 49.9 Å². The Morgan fingerprint density at radius 2 is 1.86 bits per heavy atom. The first-order chi connectivity index (χ1) is 13.6. The number of amides is 1. The molecule has 1 aromatic rings. The maximum atomic E-state index is 13.1. The van der Waals surface area contributed by atoms with E-state index in [0.29, 0.717) is 5.56 Å². The highest BCUT2D eigenvalue weighted by Gasteiger charge is 2.48. The van der Waals surface area contributed by atoms with Crippen molar-refractivity contribution < 1.29 is 14.3 Å². The second-order valence-corrected chi connectivity index (χ2v) is 8.52. The fourth-order valence-corrected chi connectivity index (χ4v) is 5.18. The van der Waals surface area contributed by atoms with E-state index in [-0.39, 0.29) is 30.2 Å². The summed E-state index contributed by atoms with van der Waals surface area (Å²) in [5, 5.41) is 0. The predicted molar refractivity (Wildman–Crippen MR) is 115 cm³/mol. The van der Waals surface area contributed by atoms with Gasteiger partial charge in [0.2, 0.25) is 5.91 Å². The summed E-state index contributed by atoms with van der Waals surface area (Å²) in [6.07, 6.45) is 6.98. The summed E-state index contributed by atoms with van der Waals surface area (Å²) in [5.41, 5.74) is 1.21. The average Bonchev–Trinajstić information content (AvgIpc) is 3.01. The molecule has 0 unspecified atom stereocenters. The molecule has 5 nitrogen and oxygen atoms in total. The molecule has 2 aliphatic heterocycles.